The minimum Gasteiger partial charge on any atom is -0.357 e. The summed E-state index contributed by atoms with van der Waals surface area (Å²) in [6.45, 7) is 0. The van der Waals surface area contributed by atoms with Gasteiger partial charge in [-0.25, -0.2) is 0 Å². The number of aromatic amines is 1. The van der Waals surface area contributed by atoms with Crippen molar-refractivity contribution in [1.29, 1.82) is 0 Å². The summed E-state index contributed by atoms with van der Waals surface area (Å²) in [7, 11) is 1.90. The van der Waals surface area contributed by atoms with Crippen LogP contribution in [0.4, 0.5) is 0 Å². The van der Waals surface area contributed by atoms with E-state index in [-0.39, 0.29) is 5.91 Å². The monoisotopic (exact) mass is 192 g/mol. The SMILES string of the molecule is CN(C(=O)c1ccc[nH]1)C1CCCC1. The first kappa shape index (κ1) is 9.31. The molecule has 0 atom stereocenters. The van der Waals surface area contributed by atoms with Gasteiger partial charge >= 0.3 is 0 Å². The van der Waals surface area contributed by atoms with Crippen molar-refractivity contribution in [2.24, 2.45) is 0 Å². The van der Waals surface area contributed by atoms with Crippen LogP contribution in [0.25, 0.3) is 0 Å². The quantitative estimate of drug-likeness (QED) is 0.764. The second-order valence-corrected chi connectivity index (χ2v) is 3.94. The fraction of sp³-hybridized carbons (Fsp3) is 0.545. The van der Waals surface area contributed by atoms with Gasteiger partial charge in [0, 0.05) is 19.3 Å². The van der Waals surface area contributed by atoms with E-state index >= 15 is 0 Å². The highest BCUT2D eigenvalue weighted by atomic mass is 16.2. The second-order valence-electron chi connectivity index (χ2n) is 3.94. The smallest absolute Gasteiger partial charge is 0.270 e. The average molecular weight is 192 g/mol. The Kier molecular flexibility index (Phi) is 2.57. The zero-order valence-corrected chi connectivity index (χ0v) is 8.49. The number of carbonyl (C=O) groups excluding carboxylic acids is 1. The Labute approximate surface area is 84.1 Å². The van der Waals surface area contributed by atoms with E-state index < -0.39 is 0 Å². The maximum atomic E-state index is 11.9. The predicted octanol–water partition coefficient (Wildman–Crippen LogP) is 2.03. The molecule has 1 saturated carbocycles. The molecule has 0 spiro atoms. The Bertz CT molecular complexity index is 299. The summed E-state index contributed by atoms with van der Waals surface area (Å²) >= 11 is 0. The van der Waals surface area contributed by atoms with Gasteiger partial charge in [0.15, 0.2) is 0 Å². The van der Waals surface area contributed by atoms with E-state index in [0.717, 1.165) is 12.8 Å². The maximum absolute atomic E-state index is 11.9. The highest BCUT2D eigenvalue weighted by Crippen LogP contribution is 2.23. The molecule has 1 heterocycles. The van der Waals surface area contributed by atoms with Crippen LogP contribution in [0.1, 0.15) is 36.2 Å². The Morgan fingerprint density at radius 1 is 1.50 bits per heavy atom. The third kappa shape index (κ3) is 1.67. The summed E-state index contributed by atoms with van der Waals surface area (Å²) in [5.74, 6) is 0.113. The molecular formula is C11H16N2O. The number of hydrogen-bond donors (Lipinski definition) is 1. The topological polar surface area (TPSA) is 36.1 Å². The van der Waals surface area contributed by atoms with Gasteiger partial charge < -0.3 is 9.88 Å². The molecule has 1 aliphatic rings. The molecule has 2 rings (SSSR count). The number of H-pyrrole nitrogens is 1. The number of carbonyl (C=O) groups is 1. The van der Waals surface area contributed by atoms with Gasteiger partial charge in [0.05, 0.1) is 0 Å². The summed E-state index contributed by atoms with van der Waals surface area (Å²) < 4.78 is 0. The molecule has 1 aromatic rings. The van der Waals surface area contributed by atoms with E-state index in [9.17, 15) is 4.79 Å². The molecule has 0 aliphatic heterocycles. The first-order valence-corrected chi connectivity index (χ1v) is 5.19. The normalized spacial score (nSPS) is 17.2. The van der Waals surface area contributed by atoms with Gasteiger partial charge in [0.1, 0.15) is 5.69 Å². The van der Waals surface area contributed by atoms with Gasteiger partial charge in [-0.2, -0.15) is 0 Å². The number of rotatable bonds is 2. The number of nitrogens with zero attached hydrogens (tertiary/aromatic N) is 1. The summed E-state index contributed by atoms with van der Waals surface area (Å²) in [5.41, 5.74) is 0.694. The van der Waals surface area contributed by atoms with E-state index in [1.807, 2.05) is 24.1 Å². The summed E-state index contributed by atoms with van der Waals surface area (Å²) in [5, 5.41) is 0. The third-order valence-corrected chi connectivity index (χ3v) is 3.02. The van der Waals surface area contributed by atoms with E-state index in [1.165, 1.54) is 12.8 Å². The Balaban J connectivity index is 2.04. The fourth-order valence-corrected chi connectivity index (χ4v) is 2.11. The molecule has 1 aliphatic carbocycles. The highest BCUT2D eigenvalue weighted by molar-refractivity contribution is 5.92. The molecule has 1 fully saturated rings. The van der Waals surface area contributed by atoms with Crippen molar-refractivity contribution in [3.05, 3.63) is 24.0 Å². The van der Waals surface area contributed by atoms with Crippen LogP contribution >= 0.6 is 0 Å². The average Bonchev–Trinajstić information content (AvgIpc) is 2.87. The van der Waals surface area contributed by atoms with Crippen LogP contribution in [0.3, 0.4) is 0 Å². The maximum Gasteiger partial charge on any atom is 0.270 e. The van der Waals surface area contributed by atoms with Crippen LogP contribution in [0.2, 0.25) is 0 Å². The van der Waals surface area contributed by atoms with Crippen LogP contribution in [0.5, 0.6) is 0 Å². The Morgan fingerprint density at radius 3 is 2.79 bits per heavy atom. The molecule has 0 aromatic carbocycles. The van der Waals surface area contributed by atoms with Gasteiger partial charge in [-0.3, -0.25) is 4.79 Å². The third-order valence-electron chi connectivity index (χ3n) is 3.02. The lowest BCUT2D eigenvalue weighted by Crippen LogP contribution is -2.35. The lowest BCUT2D eigenvalue weighted by atomic mass is 10.2. The number of amides is 1. The lowest BCUT2D eigenvalue weighted by molar-refractivity contribution is 0.0730. The molecule has 0 bridgehead atoms. The number of aromatic nitrogens is 1. The standard InChI is InChI=1S/C11H16N2O/c1-13(9-5-2-3-6-9)11(14)10-7-4-8-12-10/h4,7-9,12H,2-3,5-6H2,1H3. The molecular weight excluding hydrogens is 176 g/mol. The van der Waals surface area contributed by atoms with Crippen LogP contribution in [-0.2, 0) is 0 Å². The lowest BCUT2D eigenvalue weighted by Gasteiger charge is -2.23. The number of hydrogen-bond acceptors (Lipinski definition) is 1. The van der Waals surface area contributed by atoms with E-state index in [0.29, 0.717) is 11.7 Å². The first-order valence-electron chi connectivity index (χ1n) is 5.19. The van der Waals surface area contributed by atoms with Crippen LogP contribution < -0.4 is 0 Å². The molecule has 1 aromatic heterocycles. The summed E-state index contributed by atoms with van der Waals surface area (Å²) in [6.07, 6.45) is 6.61. The molecule has 76 valence electrons. The molecule has 1 N–H and O–H groups in total. The van der Waals surface area contributed by atoms with Crippen LogP contribution in [-0.4, -0.2) is 28.9 Å². The Morgan fingerprint density at radius 2 is 2.21 bits per heavy atom. The molecule has 0 unspecified atom stereocenters. The van der Waals surface area contributed by atoms with Crippen molar-refractivity contribution >= 4 is 5.91 Å². The number of nitrogens with one attached hydrogen (secondary N) is 1. The van der Waals surface area contributed by atoms with Gasteiger partial charge in [-0.1, -0.05) is 12.8 Å². The van der Waals surface area contributed by atoms with Crippen molar-refractivity contribution in [2.75, 3.05) is 7.05 Å². The van der Waals surface area contributed by atoms with Crippen LogP contribution in [0, 0.1) is 0 Å². The molecule has 14 heavy (non-hydrogen) atoms. The van der Waals surface area contributed by atoms with Gasteiger partial charge in [-0.05, 0) is 25.0 Å². The molecule has 3 nitrogen and oxygen atoms in total. The van der Waals surface area contributed by atoms with Gasteiger partial charge in [-0.15, -0.1) is 0 Å². The highest BCUT2D eigenvalue weighted by Gasteiger charge is 2.24. The zero-order chi connectivity index (χ0) is 9.97. The van der Waals surface area contributed by atoms with Gasteiger partial charge in [0.25, 0.3) is 5.91 Å². The second kappa shape index (κ2) is 3.86. The minimum atomic E-state index is 0.113. The zero-order valence-electron chi connectivity index (χ0n) is 8.49. The van der Waals surface area contributed by atoms with E-state index in [4.69, 9.17) is 0 Å². The summed E-state index contributed by atoms with van der Waals surface area (Å²) in [4.78, 5) is 16.7. The van der Waals surface area contributed by atoms with E-state index in [2.05, 4.69) is 4.98 Å². The molecule has 1 amide bonds. The predicted molar refractivity (Wildman–Crippen MR) is 55.1 cm³/mol. The largest absolute Gasteiger partial charge is 0.357 e. The van der Waals surface area contributed by atoms with Crippen molar-refractivity contribution in [2.45, 2.75) is 31.7 Å². The fourth-order valence-electron chi connectivity index (χ4n) is 2.11. The van der Waals surface area contributed by atoms with Crippen molar-refractivity contribution in [3.63, 3.8) is 0 Å². The van der Waals surface area contributed by atoms with Crippen molar-refractivity contribution in [1.82, 2.24) is 9.88 Å². The van der Waals surface area contributed by atoms with E-state index in [1.54, 1.807) is 6.20 Å². The molecule has 3 heteroatoms. The molecule has 0 radical (unpaired) electrons. The van der Waals surface area contributed by atoms with Crippen LogP contribution in [0.15, 0.2) is 18.3 Å². The Hall–Kier alpha value is -1.25. The van der Waals surface area contributed by atoms with Crippen molar-refractivity contribution < 1.29 is 4.79 Å². The molecule has 0 saturated heterocycles. The summed E-state index contributed by atoms with van der Waals surface area (Å²) in [6, 6.07) is 4.13. The first-order chi connectivity index (χ1) is 6.79. The van der Waals surface area contributed by atoms with Gasteiger partial charge in [0.2, 0.25) is 0 Å². The van der Waals surface area contributed by atoms with Crippen molar-refractivity contribution in [3.8, 4) is 0 Å². The minimum absolute atomic E-state index is 0.113.